The van der Waals surface area contributed by atoms with Crippen molar-refractivity contribution in [2.24, 2.45) is 11.8 Å². The highest BCUT2D eigenvalue weighted by molar-refractivity contribution is 5.73. The molecule has 0 spiro atoms. The van der Waals surface area contributed by atoms with Crippen LogP contribution in [0.15, 0.2) is 12.4 Å². The number of aliphatic carboxylic acids is 1. The molecule has 1 N–H and O–H groups in total. The minimum Gasteiger partial charge on any atom is -0.481 e. The third-order valence-electron chi connectivity index (χ3n) is 2.75. The summed E-state index contributed by atoms with van der Waals surface area (Å²) in [5, 5.41) is 12.9. The summed E-state index contributed by atoms with van der Waals surface area (Å²) in [7, 11) is 0. The second kappa shape index (κ2) is 3.44. The lowest BCUT2D eigenvalue weighted by atomic mass is 10.1. The van der Waals surface area contributed by atoms with Gasteiger partial charge in [-0.25, -0.2) is 0 Å². The fourth-order valence-electron chi connectivity index (χ4n) is 1.76. The number of hydrogen-bond acceptors (Lipinski definition) is 2. The molecule has 1 aromatic rings. The highest BCUT2D eigenvalue weighted by Crippen LogP contribution is 2.40. The van der Waals surface area contributed by atoms with Crippen molar-refractivity contribution in [3.63, 3.8) is 0 Å². The van der Waals surface area contributed by atoms with Gasteiger partial charge in [-0.05, 0) is 31.2 Å². The Hall–Kier alpha value is -1.32. The topological polar surface area (TPSA) is 55.1 Å². The van der Waals surface area contributed by atoms with Crippen LogP contribution >= 0.6 is 0 Å². The molecule has 0 unspecified atom stereocenters. The molecule has 0 radical (unpaired) electrons. The van der Waals surface area contributed by atoms with Crippen LogP contribution < -0.4 is 0 Å². The first-order valence-electron chi connectivity index (χ1n) is 4.95. The average molecular weight is 194 g/mol. The Morgan fingerprint density at radius 2 is 2.57 bits per heavy atom. The van der Waals surface area contributed by atoms with Gasteiger partial charge in [0.05, 0.1) is 12.1 Å². The van der Waals surface area contributed by atoms with Crippen molar-refractivity contribution in [1.29, 1.82) is 0 Å². The molecule has 0 amide bonds. The molecule has 1 heterocycles. The molecule has 0 saturated heterocycles. The monoisotopic (exact) mass is 194 g/mol. The van der Waals surface area contributed by atoms with Crippen molar-refractivity contribution in [2.45, 2.75) is 26.3 Å². The number of rotatable bonds is 4. The molecular weight excluding hydrogens is 180 g/mol. The number of carboxylic acids is 1. The van der Waals surface area contributed by atoms with Crippen LogP contribution in [0, 0.1) is 11.8 Å². The molecule has 1 aliphatic rings. The summed E-state index contributed by atoms with van der Waals surface area (Å²) in [6.45, 7) is 2.90. The van der Waals surface area contributed by atoms with E-state index >= 15 is 0 Å². The molecular formula is C10H14N2O2. The molecule has 0 aromatic carbocycles. The second-order valence-electron chi connectivity index (χ2n) is 3.85. The molecule has 1 aromatic heterocycles. The van der Waals surface area contributed by atoms with E-state index in [1.165, 1.54) is 0 Å². The lowest BCUT2D eigenvalue weighted by molar-refractivity contribution is -0.138. The van der Waals surface area contributed by atoms with Gasteiger partial charge in [-0.2, -0.15) is 5.10 Å². The van der Waals surface area contributed by atoms with Gasteiger partial charge in [0.2, 0.25) is 0 Å². The Morgan fingerprint density at radius 1 is 1.79 bits per heavy atom. The smallest absolute Gasteiger partial charge is 0.306 e. The Labute approximate surface area is 82.5 Å². The van der Waals surface area contributed by atoms with E-state index in [-0.39, 0.29) is 5.92 Å². The normalized spacial score (nSPS) is 24.9. The van der Waals surface area contributed by atoms with Crippen LogP contribution in [0.5, 0.6) is 0 Å². The van der Waals surface area contributed by atoms with E-state index in [2.05, 4.69) is 5.10 Å². The van der Waals surface area contributed by atoms with E-state index in [0.29, 0.717) is 5.92 Å². The Morgan fingerprint density at radius 3 is 3.07 bits per heavy atom. The summed E-state index contributed by atoms with van der Waals surface area (Å²) >= 11 is 0. The first-order valence-corrected chi connectivity index (χ1v) is 4.95. The van der Waals surface area contributed by atoms with Crippen molar-refractivity contribution in [3.05, 3.63) is 18.0 Å². The zero-order valence-electron chi connectivity index (χ0n) is 8.18. The first-order chi connectivity index (χ1) is 6.70. The summed E-state index contributed by atoms with van der Waals surface area (Å²) in [6, 6.07) is 0. The maximum atomic E-state index is 10.6. The van der Waals surface area contributed by atoms with Crippen molar-refractivity contribution in [1.82, 2.24) is 9.78 Å². The van der Waals surface area contributed by atoms with Gasteiger partial charge in [0, 0.05) is 12.7 Å². The van der Waals surface area contributed by atoms with E-state index in [1.807, 2.05) is 24.0 Å². The van der Waals surface area contributed by atoms with Crippen LogP contribution in [0.1, 0.15) is 18.9 Å². The Bertz CT molecular complexity index is 346. The first kappa shape index (κ1) is 9.24. The molecule has 1 saturated carbocycles. The van der Waals surface area contributed by atoms with E-state index in [0.717, 1.165) is 24.9 Å². The van der Waals surface area contributed by atoms with E-state index in [4.69, 9.17) is 5.11 Å². The predicted molar refractivity (Wildman–Crippen MR) is 50.8 cm³/mol. The number of aromatic nitrogens is 2. The zero-order chi connectivity index (χ0) is 10.1. The van der Waals surface area contributed by atoms with Crippen LogP contribution in [-0.2, 0) is 17.8 Å². The van der Waals surface area contributed by atoms with Crippen molar-refractivity contribution >= 4 is 5.97 Å². The van der Waals surface area contributed by atoms with Crippen LogP contribution in [-0.4, -0.2) is 20.9 Å². The molecule has 76 valence electrons. The average Bonchev–Trinajstić information content (AvgIpc) is 2.76. The lowest BCUT2D eigenvalue weighted by Crippen LogP contribution is -2.00. The highest BCUT2D eigenvalue weighted by Gasteiger charge is 2.42. The second-order valence-corrected chi connectivity index (χ2v) is 3.85. The number of carbonyl (C=O) groups is 1. The number of nitrogens with zero attached hydrogens (tertiary/aromatic N) is 2. The van der Waals surface area contributed by atoms with Crippen LogP contribution in [0.2, 0.25) is 0 Å². The van der Waals surface area contributed by atoms with Crippen LogP contribution in [0.4, 0.5) is 0 Å². The molecule has 2 rings (SSSR count). The Kier molecular flexibility index (Phi) is 2.27. The molecule has 1 fully saturated rings. The summed E-state index contributed by atoms with van der Waals surface area (Å²) in [5.41, 5.74) is 1.15. The molecule has 4 nitrogen and oxygen atoms in total. The molecule has 0 aliphatic heterocycles. The largest absolute Gasteiger partial charge is 0.481 e. The number of carboxylic acid groups (broad SMARTS) is 1. The summed E-state index contributed by atoms with van der Waals surface area (Å²) in [4.78, 5) is 10.6. The maximum Gasteiger partial charge on any atom is 0.306 e. The minimum atomic E-state index is -0.655. The highest BCUT2D eigenvalue weighted by atomic mass is 16.4. The molecule has 0 bridgehead atoms. The van der Waals surface area contributed by atoms with Gasteiger partial charge in [-0.1, -0.05) is 0 Å². The quantitative estimate of drug-likeness (QED) is 0.782. The van der Waals surface area contributed by atoms with Gasteiger partial charge < -0.3 is 5.11 Å². The van der Waals surface area contributed by atoms with Gasteiger partial charge >= 0.3 is 5.97 Å². The fourth-order valence-corrected chi connectivity index (χ4v) is 1.76. The SMILES string of the molecule is CCn1cc(C[C@@H]2C[C@@H]2C(=O)O)cn1. The van der Waals surface area contributed by atoms with Crippen molar-refractivity contribution in [2.75, 3.05) is 0 Å². The van der Waals surface area contributed by atoms with Crippen LogP contribution in [0.3, 0.4) is 0 Å². The van der Waals surface area contributed by atoms with Gasteiger partial charge in [0.1, 0.15) is 0 Å². The fraction of sp³-hybridized carbons (Fsp3) is 0.600. The summed E-state index contributed by atoms with van der Waals surface area (Å²) in [5.74, 6) is -0.431. The van der Waals surface area contributed by atoms with Gasteiger partial charge in [-0.3, -0.25) is 9.48 Å². The van der Waals surface area contributed by atoms with E-state index < -0.39 is 5.97 Å². The third-order valence-corrected chi connectivity index (χ3v) is 2.75. The van der Waals surface area contributed by atoms with Gasteiger partial charge in [-0.15, -0.1) is 0 Å². The molecule has 2 atom stereocenters. The summed E-state index contributed by atoms with van der Waals surface area (Å²) < 4.78 is 1.87. The predicted octanol–water partition coefficient (Wildman–Crippen LogP) is 1.17. The number of aryl methyl sites for hydroxylation is 1. The zero-order valence-corrected chi connectivity index (χ0v) is 8.18. The van der Waals surface area contributed by atoms with Crippen molar-refractivity contribution in [3.8, 4) is 0 Å². The Balaban J connectivity index is 1.90. The minimum absolute atomic E-state index is 0.111. The van der Waals surface area contributed by atoms with Gasteiger partial charge in [0.15, 0.2) is 0 Å². The molecule has 4 heteroatoms. The van der Waals surface area contributed by atoms with Crippen molar-refractivity contribution < 1.29 is 9.90 Å². The summed E-state index contributed by atoms with van der Waals surface area (Å²) in [6.07, 6.45) is 5.52. The standard InChI is InChI=1S/C10H14N2O2/c1-2-12-6-7(5-11-12)3-8-4-9(8)10(13)14/h5-6,8-9H,2-4H2,1H3,(H,13,14)/t8-,9+/m1/s1. The van der Waals surface area contributed by atoms with Crippen LogP contribution in [0.25, 0.3) is 0 Å². The van der Waals surface area contributed by atoms with Gasteiger partial charge in [0.25, 0.3) is 0 Å². The van der Waals surface area contributed by atoms with E-state index in [1.54, 1.807) is 0 Å². The maximum absolute atomic E-state index is 10.6. The van der Waals surface area contributed by atoms with E-state index in [9.17, 15) is 4.79 Å². The number of hydrogen-bond donors (Lipinski definition) is 1. The molecule has 1 aliphatic carbocycles. The lowest BCUT2D eigenvalue weighted by Gasteiger charge is -1.93. The molecule has 14 heavy (non-hydrogen) atoms. The third kappa shape index (κ3) is 1.78.